The zero-order chi connectivity index (χ0) is 19.1. The molecule has 26 heavy (non-hydrogen) atoms. The van der Waals surface area contributed by atoms with E-state index < -0.39 is 0 Å². The van der Waals surface area contributed by atoms with Crippen molar-refractivity contribution in [1.29, 1.82) is 0 Å². The van der Waals surface area contributed by atoms with Gasteiger partial charge in [0.15, 0.2) is 5.11 Å². The predicted octanol–water partition coefficient (Wildman–Crippen LogP) is 4.66. The molecule has 0 heterocycles. The number of halogens is 1. The number of carbonyl (C=O) groups is 1. The minimum atomic E-state index is -0.287. The highest BCUT2D eigenvalue weighted by atomic mass is 35.5. The second-order valence-electron chi connectivity index (χ2n) is 6.64. The third-order valence-electron chi connectivity index (χ3n) is 3.90. The zero-order valence-electron chi connectivity index (χ0n) is 15.2. The summed E-state index contributed by atoms with van der Waals surface area (Å²) in [6.45, 7) is 6.24. The van der Waals surface area contributed by atoms with Crippen LogP contribution in [-0.2, 0) is 11.2 Å². The maximum Gasteiger partial charge on any atom is 0.245 e. The quantitative estimate of drug-likeness (QED) is 0.514. The van der Waals surface area contributed by atoms with Crippen molar-refractivity contribution in [3.05, 3.63) is 64.7 Å². The lowest BCUT2D eigenvalue weighted by molar-refractivity contribution is -0.122. The van der Waals surface area contributed by atoms with E-state index in [1.807, 2.05) is 31.2 Å². The van der Waals surface area contributed by atoms with Crippen molar-refractivity contribution in [2.75, 3.05) is 5.32 Å². The van der Waals surface area contributed by atoms with Gasteiger partial charge in [-0.1, -0.05) is 55.8 Å². The Morgan fingerprint density at radius 3 is 2.38 bits per heavy atom. The van der Waals surface area contributed by atoms with E-state index in [9.17, 15) is 4.79 Å². The largest absolute Gasteiger partial charge is 0.331 e. The van der Waals surface area contributed by atoms with Crippen LogP contribution >= 0.6 is 23.8 Å². The van der Waals surface area contributed by atoms with Crippen LogP contribution in [-0.4, -0.2) is 11.0 Å². The Morgan fingerprint density at radius 1 is 1.08 bits per heavy atom. The van der Waals surface area contributed by atoms with Gasteiger partial charge in [-0.05, 0) is 60.8 Å². The Balaban J connectivity index is 1.85. The van der Waals surface area contributed by atoms with Crippen LogP contribution in [0, 0.1) is 5.92 Å². The number of anilines is 1. The minimum Gasteiger partial charge on any atom is -0.331 e. The molecule has 0 aliphatic carbocycles. The monoisotopic (exact) mass is 389 g/mol. The standard InChI is InChI=1S/C20H24ClN3OS/c1-13(2)11-15-7-9-16(10-8-15)14(3)19(25)23-24-20(26)22-18-6-4-5-17(21)12-18/h4-10,12-14H,11H2,1-3H3,(H,23,25)(H2,22,24,26). The lowest BCUT2D eigenvalue weighted by Gasteiger charge is -2.16. The van der Waals surface area contributed by atoms with E-state index in [0.29, 0.717) is 16.1 Å². The highest BCUT2D eigenvalue weighted by Gasteiger charge is 2.15. The highest BCUT2D eigenvalue weighted by Crippen LogP contribution is 2.18. The number of nitrogens with one attached hydrogen (secondary N) is 3. The van der Waals surface area contributed by atoms with Crippen molar-refractivity contribution in [2.45, 2.75) is 33.1 Å². The van der Waals surface area contributed by atoms with Gasteiger partial charge in [-0.2, -0.15) is 0 Å². The fourth-order valence-electron chi connectivity index (χ4n) is 2.52. The van der Waals surface area contributed by atoms with E-state index in [-0.39, 0.29) is 11.8 Å². The van der Waals surface area contributed by atoms with E-state index >= 15 is 0 Å². The SMILES string of the molecule is CC(C)Cc1ccc(C(C)C(=O)NNC(=S)Nc2cccc(Cl)c2)cc1. The van der Waals surface area contributed by atoms with Crippen LogP contribution in [0.1, 0.15) is 37.8 Å². The van der Waals surface area contributed by atoms with Crippen LogP contribution in [0.5, 0.6) is 0 Å². The smallest absolute Gasteiger partial charge is 0.245 e. The van der Waals surface area contributed by atoms with Crippen LogP contribution in [0.25, 0.3) is 0 Å². The molecule has 3 N–H and O–H groups in total. The van der Waals surface area contributed by atoms with Crippen molar-refractivity contribution in [1.82, 2.24) is 10.9 Å². The molecule has 0 aromatic heterocycles. The molecule has 0 fully saturated rings. The average molecular weight is 390 g/mol. The van der Waals surface area contributed by atoms with E-state index in [1.165, 1.54) is 5.56 Å². The molecule has 0 radical (unpaired) electrons. The molecule has 0 aliphatic heterocycles. The molecule has 2 aromatic carbocycles. The number of rotatable bonds is 5. The van der Waals surface area contributed by atoms with Crippen LogP contribution in [0.3, 0.4) is 0 Å². The number of hydrogen-bond donors (Lipinski definition) is 3. The number of hydrazine groups is 1. The van der Waals surface area contributed by atoms with Gasteiger partial charge in [0, 0.05) is 10.7 Å². The first kappa shape index (κ1) is 20.2. The first-order chi connectivity index (χ1) is 12.3. The van der Waals surface area contributed by atoms with Gasteiger partial charge < -0.3 is 5.32 Å². The third-order valence-corrected chi connectivity index (χ3v) is 4.34. The summed E-state index contributed by atoms with van der Waals surface area (Å²) in [5.74, 6) is 0.167. The third kappa shape index (κ3) is 6.32. The minimum absolute atomic E-state index is 0.156. The molecule has 138 valence electrons. The van der Waals surface area contributed by atoms with Crippen LogP contribution in [0.15, 0.2) is 48.5 Å². The summed E-state index contributed by atoms with van der Waals surface area (Å²) in [4.78, 5) is 12.3. The molecule has 2 rings (SSSR count). The molecular weight excluding hydrogens is 366 g/mol. The molecule has 1 unspecified atom stereocenters. The molecule has 1 atom stereocenters. The molecule has 6 heteroatoms. The second kappa shape index (κ2) is 9.55. The fourth-order valence-corrected chi connectivity index (χ4v) is 2.88. The Kier molecular flexibility index (Phi) is 7.42. The zero-order valence-corrected chi connectivity index (χ0v) is 16.7. The molecule has 2 aromatic rings. The Bertz CT molecular complexity index is 762. The Morgan fingerprint density at radius 2 is 1.77 bits per heavy atom. The summed E-state index contributed by atoms with van der Waals surface area (Å²) in [6, 6.07) is 15.3. The maximum atomic E-state index is 12.3. The molecular formula is C20H24ClN3OS. The van der Waals surface area contributed by atoms with Crippen LogP contribution in [0.2, 0.25) is 5.02 Å². The van der Waals surface area contributed by atoms with Crippen molar-refractivity contribution < 1.29 is 4.79 Å². The number of thiocarbonyl (C=S) groups is 1. The fraction of sp³-hybridized carbons (Fsp3) is 0.300. The van der Waals surface area contributed by atoms with Crippen LogP contribution < -0.4 is 16.2 Å². The lowest BCUT2D eigenvalue weighted by Crippen LogP contribution is -2.45. The molecule has 0 aliphatic rings. The molecule has 0 bridgehead atoms. The van der Waals surface area contributed by atoms with E-state index in [2.05, 4.69) is 42.1 Å². The summed E-state index contributed by atoms with van der Waals surface area (Å²) in [5.41, 5.74) is 8.34. The maximum absolute atomic E-state index is 12.3. The molecule has 4 nitrogen and oxygen atoms in total. The van der Waals surface area contributed by atoms with E-state index in [4.69, 9.17) is 23.8 Å². The summed E-state index contributed by atoms with van der Waals surface area (Å²) in [6.07, 6.45) is 1.03. The van der Waals surface area contributed by atoms with Crippen molar-refractivity contribution in [3.63, 3.8) is 0 Å². The summed E-state index contributed by atoms with van der Waals surface area (Å²) in [7, 11) is 0. The van der Waals surface area contributed by atoms with Crippen molar-refractivity contribution in [2.24, 2.45) is 5.92 Å². The van der Waals surface area contributed by atoms with Gasteiger partial charge in [0.1, 0.15) is 0 Å². The second-order valence-corrected chi connectivity index (χ2v) is 7.48. The topological polar surface area (TPSA) is 53.2 Å². The van der Waals surface area contributed by atoms with Gasteiger partial charge in [0.05, 0.1) is 5.92 Å². The Labute approximate surface area is 165 Å². The Hall–Kier alpha value is -2.11. The number of hydrogen-bond acceptors (Lipinski definition) is 2. The van der Waals surface area contributed by atoms with Gasteiger partial charge in [0.2, 0.25) is 5.91 Å². The summed E-state index contributed by atoms with van der Waals surface area (Å²) in [5, 5.41) is 3.86. The van der Waals surface area contributed by atoms with Crippen molar-refractivity contribution in [3.8, 4) is 0 Å². The van der Waals surface area contributed by atoms with Gasteiger partial charge in [-0.3, -0.25) is 15.6 Å². The first-order valence-corrected chi connectivity index (χ1v) is 9.35. The van der Waals surface area contributed by atoms with E-state index in [0.717, 1.165) is 17.7 Å². The van der Waals surface area contributed by atoms with Gasteiger partial charge >= 0.3 is 0 Å². The number of amides is 1. The lowest BCUT2D eigenvalue weighted by atomic mass is 9.96. The van der Waals surface area contributed by atoms with Crippen molar-refractivity contribution >= 4 is 40.5 Å². The van der Waals surface area contributed by atoms with E-state index in [1.54, 1.807) is 12.1 Å². The van der Waals surface area contributed by atoms with Gasteiger partial charge in [-0.25, -0.2) is 0 Å². The first-order valence-electron chi connectivity index (χ1n) is 8.56. The highest BCUT2D eigenvalue weighted by molar-refractivity contribution is 7.80. The predicted molar refractivity (Wildman–Crippen MR) is 112 cm³/mol. The summed E-state index contributed by atoms with van der Waals surface area (Å²) < 4.78 is 0. The normalized spacial score (nSPS) is 11.7. The molecule has 0 saturated carbocycles. The van der Waals surface area contributed by atoms with Gasteiger partial charge in [0.25, 0.3) is 0 Å². The summed E-state index contributed by atoms with van der Waals surface area (Å²) >= 11 is 11.1. The number of benzene rings is 2. The van der Waals surface area contributed by atoms with Crippen LogP contribution in [0.4, 0.5) is 5.69 Å². The molecule has 0 spiro atoms. The average Bonchev–Trinajstić information content (AvgIpc) is 2.59. The molecule has 0 saturated heterocycles. The molecule has 1 amide bonds. The van der Waals surface area contributed by atoms with Gasteiger partial charge in [-0.15, -0.1) is 0 Å². The number of carbonyl (C=O) groups excluding carboxylic acids is 1.